The van der Waals surface area contributed by atoms with Crippen molar-refractivity contribution in [3.8, 4) is 5.82 Å². The lowest BCUT2D eigenvalue weighted by atomic mass is 10.1. The number of rotatable bonds is 1. The maximum atomic E-state index is 12.0. The summed E-state index contributed by atoms with van der Waals surface area (Å²) < 4.78 is 2.53. The average molecular weight is 322 g/mol. The maximum absolute atomic E-state index is 12.0. The van der Waals surface area contributed by atoms with Crippen molar-refractivity contribution in [2.45, 2.75) is 20.1 Å². The van der Waals surface area contributed by atoms with Crippen LogP contribution < -0.4 is 5.32 Å². The molecule has 0 aromatic carbocycles. The van der Waals surface area contributed by atoms with E-state index in [9.17, 15) is 9.90 Å². The second kappa shape index (κ2) is 4.18. The van der Waals surface area contributed by atoms with Crippen molar-refractivity contribution in [2.75, 3.05) is 0 Å². The summed E-state index contributed by atoms with van der Waals surface area (Å²) in [6.07, 6.45) is 0.617. The zero-order chi connectivity index (χ0) is 13.7. The number of nitrogens with one attached hydrogen (secondary N) is 1. The molecule has 5 nitrogen and oxygen atoms in total. The van der Waals surface area contributed by atoms with E-state index in [-0.39, 0.29) is 5.91 Å². The average Bonchev–Trinajstić information content (AvgIpc) is 2.83. The first-order chi connectivity index (χ1) is 9.00. The van der Waals surface area contributed by atoms with E-state index in [2.05, 4.69) is 26.2 Å². The quantitative estimate of drug-likeness (QED) is 0.844. The second-order valence-electron chi connectivity index (χ2n) is 4.55. The van der Waals surface area contributed by atoms with Gasteiger partial charge in [-0.3, -0.25) is 4.79 Å². The number of pyridine rings is 1. The molecule has 1 aliphatic rings. The molecule has 1 unspecified atom stereocenters. The van der Waals surface area contributed by atoms with E-state index in [1.54, 1.807) is 6.20 Å². The highest BCUT2D eigenvalue weighted by Crippen LogP contribution is 2.34. The number of carbonyl (C=O) groups is 1. The molecule has 19 heavy (non-hydrogen) atoms. The predicted molar refractivity (Wildman–Crippen MR) is 73.2 cm³/mol. The van der Waals surface area contributed by atoms with Gasteiger partial charge in [-0.05, 0) is 41.9 Å². The number of nitrogens with zero attached hydrogens (tertiary/aromatic N) is 2. The molecule has 6 heteroatoms. The van der Waals surface area contributed by atoms with E-state index in [0.717, 1.165) is 11.4 Å². The number of carbonyl (C=O) groups excluding carboxylic acids is 1. The van der Waals surface area contributed by atoms with Crippen molar-refractivity contribution < 1.29 is 9.90 Å². The first-order valence-corrected chi connectivity index (χ1v) is 6.62. The van der Waals surface area contributed by atoms with Gasteiger partial charge in [0.05, 0.1) is 5.56 Å². The topological polar surface area (TPSA) is 67.2 Å². The molecule has 3 rings (SSSR count). The minimum atomic E-state index is -0.991. The van der Waals surface area contributed by atoms with Crippen LogP contribution in [0.1, 0.15) is 33.5 Å². The van der Waals surface area contributed by atoms with Crippen LogP contribution >= 0.6 is 15.9 Å². The van der Waals surface area contributed by atoms with E-state index in [1.165, 1.54) is 0 Å². The van der Waals surface area contributed by atoms with Gasteiger partial charge in [-0.1, -0.05) is 0 Å². The first kappa shape index (κ1) is 12.4. The Morgan fingerprint density at radius 2 is 2.00 bits per heavy atom. The van der Waals surface area contributed by atoms with Crippen LogP contribution in [0.3, 0.4) is 0 Å². The van der Waals surface area contributed by atoms with Crippen molar-refractivity contribution in [1.29, 1.82) is 0 Å². The van der Waals surface area contributed by atoms with Crippen molar-refractivity contribution in [3.05, 3.63) is 45.3 Å². The van der Waals surface area contributed by atoms with Crippen molar-refractivity contribution in [1.82, 2.24) is 14.9 Å². The highest BCUT2D eigenvalue weighted by atomic mass is 79.9. The van der Waals surface area contributed by atoms with Gasteiger partial charge in [0.25, 0.3) is 5.91 Å². The Hall–Kier alpha value is -1.66. The lowest BCUT2D eigenvalue weighted by Gasteiger charge is -2.12. The molecular formula is C13H12BrN3O2. The number of halogens is 1. The Kier molecular flexibility index (Phi) is 2.72. The van der Waals surface area contributed by atoms with Crippen molar-refractivity contribution >= 4 is 21.8 Å². The molecule has 2 aromatic rings. The Bertz CT molecular complexity index is 674. The van der Waals surface area contributed by atoms with Gasteiger partial charge < -0.3 is 15.0 Å². The smallest absolute Gasteiger partial charge is 0.257 e. The molecule has 0 fully saturated rings. The Morgan fingerprint density at radius 3 is 2.63 bits per heavy atom. The van der Waals surface area contributed by atoms with Gasteiger partial charge in [0.15, 0.2) is 6.23 Å². The summed E-state index contributed by atoms with van der Waals surface area (Å²) in [6, 6.07) is 3.93. The molecule has 1 aliphatic heterocycles. The molecule has 0 saturated heterocycles. The Morgan fingerprint density at radius 1 is 1.37 bits per heavy atom. The third-order valence-corrected chi connectivity index (χ3v) is 3.93. The molecule has 0 saturated carbocycles. The maximum Gasteiger partial charge on any atom is 0.257 e. The third-order valence-electron chi connectivity index (χ3n) is 3.30. The van der Waals surface area contributed by atoms with Crippen molar-refractivity contribution in [3.63, 3.8) is 0 Å². The highest BCUT2D eigenvalue weighted by Gasteiger charge is 2.33. The number of fused-ring (bicyclic) bond motifs is 1. The predicted octanol–water partition coefficient (Wildman–Crippen LogP) is 1.99. The summed E-state index contributed by atoms with van der Waals surface area (Å²) in [7, 11) is 0. The normalized spacial score (nSPS) is 17.5. The summed E-state index contributed by atoms with van der Waals surface area (Å²) in [5.74, 6) is 0.242. The first-order valence-electron chi connectivity index (χ1n) is 5.83. The molecule has 98 valence electrons. The standard InChI is InChI=1S/C13H12BrN3O2/c1-6-3-4-7(2)17(6)11-10-9(8(14)5-15-11)12(18)16-13(10)19/h3-5,12,18H,1-2H3,(H,16,19). The zero-order valence-corrected chi connectivity index (χ0v) is 12.0. The number of aromatic nitrogens is 2. The number of aliphatic hydroxyl groups excluding tert-OH is 1. The second-order valence-corrected chi connectivity index (χ2v) is 5.40. The summed E-state index contributed by atoms with van der Waals surface area (Å²) in [5, 5.41) is 12.4. The van der Waals surface area contributed by atoms with Crippen molar-refractivity contribution in [2.24, 2.45) is 0 Å². The summed E-state index contributed by atoms with van der Waals surface area (Å²) in [4.78, 5) is 16.4. The summed E-state index contributed by atoms with van der Waals surface area (Å²) >= 11 is 3.33. The summed E-state index contributed by atoms with van der Waals surface area (Å²) in [5.41, 5.74) is 2.94. The molecule has 3 heterocycles. The Balaban J connectivity index is 2.34. The fourth-order valence-corrected chi connectivity index (χ4v) is 2.94. The van der Waals surface area contributed by atoms with Crippen LogP contribution in [-0.4, -0.2) is 20.6 Å². The van der Waals surface area contributed by atoms with Crippen LogP contribution in [0, 0.1) is 13.8 Å². The fraction of sp³-hybridized carbons (Fsp3) is 0.231. The minimum Gasteiger partial charge on any atom is -0.369 e. The van der Waals surface area contributed by atoms with E-state index >= 15 is 0 Å². The molecule has 1 atom stereocenters. The van der Waals surface area contributed by atoms with E-state index in [1.807, 2.05) is 30.5 Å². The van der Waals surface area contributed by atoms with Crippen LogP contribution in [-0.2, 0) is 0 Å². The number of amides is 1. The number of aliphatic hydroxyl groups is 1. The van der Waals surface area contributed by atoms with Crippen LogP contribution in [0.5, 0.6) is 0 Å². The number of hydrogen-bond donors (Lipinski definition) is 2. The monoisotopic (exact) mass is 321 g/mol. The highest BCUT2D eigenvalue weighted by molar-refractivity contribution is 9.10. The van der Waals surface area contributed by atoms with Crippen LogP contribution in [0.2, 0.25) is 0 Å². The molecule has 0 radical (unpaired) electrons. The van der Waals surface area contributed by atoms with Gasteiger partial charge in [0, 0.05) is 27.6 Å². The number of hydrogen-bond acceptors (Lipinski definition) is 3. The molecule has 2 N–H and O–H groups in total. The molecule has 2 aromatic heterocycles. The van der Waals surface area contributed by atoms with Crippen LogP contribution in [0.25, 0.3) is 5.82 Å². The minimum absolute atomic E-state index is 0.307. The van der Waals surface area contributed by atoms with Gasteiger partial charge in [-0.15, -0.1) is 0 Å². The van der Waals surface area contributed by atoms with Gasteiger partial charge >= 0.3 is 0 Å². The molecule has 0 bridgehead atoms. The lowest BCUT2D eigenvalue weighted by Crippen LogP contribution is -2.19. The SMILES string of the molecule is Cc1ccc(C)n1-c1ncc(Br)c2c1C(=O)NC2O. The largest absolute Gasteiger partial charge is 0.369 e. The molecular weight excluding hydrogens is 310 g/mol. The zero-order valence-electron chi connectivity index (χ0n) is 10.4. The number of aryl methyl sites for hydroxylation is 2. The Labute approximate surface area is 118 Å². The third kappa shape index (κ3) is 1.71. The van der Waals surface area contributed by atoms with E-state index < -0.39 is 6.23 Å². The van der Waals surface area contributed by atoms with Gasteiger partial charge in [-0.25, -0.2) is 4.98 Å². The molecule has 1 amide bonds. The van der Waals surface area contributed by atoms with E-state index in [4.69, 9.17) is 0 Å². The lowest BCUT2D eigenvalue weighted by molar-refractivity contribution is 0.0850. The van der Waals surface area contributed by atoms with Crippen LogP contribution in [0.4, 0.5) is 0 Å². The summed E-state index contributed by atoms with van der Waals surface area (Å²) in [6.45, 7) is 3.90. The molecule has 0 spiro atoms. The van der Waals surface area contributed by atoms with E-state index in [0.29, 0.717) is 21.4 Å². The van der Waals surface area contributed by atoms with Gasteiger partial charge in [-0.2, -0.15) is 0 Å². The fourth-order valence-electron chi connectivity index (χ4n) is 2.42. The molecule has 0 aliphatic carbocycles. The van der Waals surface area contributed by atoms with Gasteiger partial charge in [0.1, 0.15) is 5.82 Å². The van der Waals surface area contributed by atoms with Gasteiger partial charge in [0.2, 0.25) is 0 Å². The van der Waals surface area contributed by atoms with Crippen LogP contribution in [0.15, 0.2) is 22.8 Å².